The van der Waals surface area contributed by atoms with Gasteiger partial charge in [-0.05, 0) is 12.3 Å². The second-order valence-corrected chi connectivity index (χ2v) is 2.71. The van der Waals surface area contributed by atoms with Crippen molar-refractivity contribution in [2.75, 3.05) is 6.61 Å². The van der Waals surface area contributed by atoms with Crippen LogP contribution in [-0.4, -0.2) is 24.0 Å². The Morgan fingerprint density at radius 2 is 1.92 bits per heavy atom. The van der Waals surface area contributed by atoms with Crippen LogP contribution in [0.5, 0.6) is 0 Å². The lowest BCUT2D eigenvalue weighted by molar-refractivity contribution is -0.213. The van der Waals surface area contributed by atoms with E-state index in [1.807, 2.05) is 13.8 Å². The van der Waals surface area contributed by atoms with Crippen molar-refractivity contribution in [3.8, 4) is 0 Å². The summed E-state index contributed by atoms with van der Waals surface area (Å²) in [5.41, 5.74) is 0. The van der Waals surface area contributed by atoms with Crippen LogP contribution in [0.15, 0.2) is 0 Å². The van der Waals surface area contributed by atoms with E-state index in [2.05, 4.69) is 14.5 Å². The van der Waals surface area contributed by atoms with Crippen LogP contribution in [0, 0.1) is 5.92 Å². The summed E-state index contributed by atoms with van der Waals surface area (Å²) in [7, 11) is 0. The summed E-state index contributed by atoms with van der Waals surface area (Å²) < 4.78 is 4.45. The number of hydrogen-bond acceptors (Lipinski definition) is 5. The fourth-order valence-corrected chi connectivity index (χ4v) is 0.472. The van der Waals surface area contributed by atoms with Crippen LogP contribution in [-0.2, 0) is 14.5 Å². The molecule has 0 saturated heterocycles. The molecule has 0 saturated carbocycles. The second-order valence-electron chi connectivity index (χ2n) is 2.71. The molecule has 0 aromatic rings. The van der Waals surface area contributed by atoms with Gasteiger partial charge in [0.1, 0.15) is 0 Å². The minimum atomic E-state index is -1.69. The third-order valence-electron chi connectivity index (χ3n) is 1.10. The van der Waals surface area contributed by atoms with E-state index in [4.69, 9.17) is 5.11 Å². The van der Waals surface area contributed by atoms with Gasteiger partial charge in [-0.25, -0.2) is 9.68 Å². The monoisotopic (exact) mass is 192 g/mol. The molecule has 76 valence electrons. The Morgan fingerprint density at radius 1 is 1.31 bits per heavy atom. The first-order chi connectivity index (χ1) is 6.02. The molecule has 0 aliphatic carbocycles. The molecule has 0 rings (SSSR count). The van der Waals surface area contributed by atoms with Gasteiger partial charge in [-0.15, -0.1) is 0 Å². The number of carbonyl (C=O) groups excluding carboxylic acids is 1. The van der Waals surface area contributed by atoms with Crippen LogP contribution < -0.4 is 0 Å². The Morgan fingerprint density at radius 3 is 2.38 bits per heavy atom. The third kappa shape index (κ3) is 8.45. The van der Waals surface area contributed by atoms with Crippen molar-refractivity contribution in [3.05, 3.63) is 0 Å². The molecule has 0 aromatic heterocycles. The Balaban J connectivity index is 3.36. The van der Waals surface area contributed by atoms with E-state index in [-0.39, 0.29) is 6.61 Å². The highest BCUT2D eigenvalue weighted by Crippen LogP contribution is 1.99. The van der Waals surface area contributed by atoms with Crippen molar-refractivity contribution in [3.63, 3.8) is 0 Å². The molecule has 13 heavy (non-hydrogen) atoms. The number of ether oxygens (including phenoxy) is 1. The third-order valence-corrected chi connectivity index (χ3v) is 1.10. The Hall–Kier alpha value is -1.46. The fraction of sp³-hybridized carbons (Fsp3) is 0.714. The zero-order valence-electron chi connectivity index (χ0n) is 7.48. The average Bonchev–Trinajstić information content (AvgIpc) is 2.00. The molecular weight excluding hydrogens is 180 g/mol. The molecule has 0 aromatic carbocycles. The van der Waals surface area contributed by atoms with Gasteiger partial charge in [0.15, 0.2) is 0 Å². The van der Waals surface area contributed by atoms with Crippen LogP contribution in [0.1, 0.15) is 20.3 Å². The molecule has 0 radical (unpaired) electrons. The first-order valence-electron chi connectivity index (χ1n) is 3.76. The number of carbonyl (C=O) groups is 2. The van der Waals surface area contributed by atoms with Crippen LogP contribution >= 0.6 is 0 Å². The van der Waals surface area contributed by atoms with E-state index in [9.17, 15) is 9.59 Å². The highest BCUT2D eigenvalue weighted by atomic mass is 17.3. The van der Waals surface area contributed by atoms with Crippen LogP contribution in [0.4, 0.5) is 9.59 Å². The molecule has 0 amide bonds. The standard InChI is InChI=1S/C7H12O6/c1-5(2)3-4-11-7(10)13-12-6(8)9/h5H,3-4H2,1-2H3,(H,8,9). The normalized spacial score (nSPS) is 9.46. The van der Waals surface area contributed by atoms with E-state index >= 15 is 0 Å². The molecule has 0 fully saturated rings. The molecular formula is C7H12O6. The number of carboxylic acid groups (broad SMARTS) is 1. The summed E-state index contributed by atoms with van der Waals surface area (Å²) in [5, 5.41) is 7.92. The molecule has 1 N–H and O–H groups in total. The van der Waals surface area contributed by atoms with E-state index in [0.29, 0.717) is 12.3 Å². The Labute approximate surface area is 75.3 Å². The zero-order chi connectivity index (χ0) is 10.3. The van der Waals surface area contributed by atoms with Crippen LogP contribution in [0.3, 0.4) is 0 Å². The lowest BCUT2D eigenvalue weighted by atomic mass is 10.1. The van der Waals surface area contributed by atoms with Crippen molar-refractivity contribution in [2.45, 2.75) is 20.3 Å². The number of rotatable bonds is 3. The molecule has 0 aliphatic rings. The summed E-state index contributed by atoms with van der Waals surface area (Å²) in [5.74, 6) is 0.396. The van der Waals surface area contributed by atoms with Crippen molar-refractivity contribution in [1.29, 1.82) is 0 Å². The van der Waals surface area contributed by atoms with E-state index in [0.717, 1.165) is 0 Å². The molecule has 0 aliphatic heterocycles. The maximum atomic E-state index is 10.5. The minimum absolute atomic E-state index is 0.180. The van der Waals surface area contributed by atoms with Gasteiger partial charge in [-0.1, -0.05) is 13.8 Å². The molecule has 0 unspecified atom stereocenters. The Kier molecular flexibility index (Phi) is 5.42. The highest BCUT2D eigenvalue weighted by Gasteiger charge is 2.08. The average molecular weight is 192 g/mol. The SMILES string of the molecule is CC(C)CCOC(=O)OOC(=O)O. The van der Waals surface area contributed by atoms with Gasteiger partial charge in [0.2, 0.25) is 0 Å². The predicted octanol–water partition coefficient (Wildman–Crippen LogP) is 1.80. The largest absolute Gasteiger partial charge is 0.549 e. The maximum Gasteiger partial charge on any atom is 0.549 e. The fourth-order valence-electron chi connectivity index (χ4n) is 0.472. The lowest BCUT2D eigenvalue weighted by Crippen LogP contribution is -2.12. The van der Waals surface area contributed by atoms with Crippen molar-refractivity contribution in [1.82, 2.24) is 0 Å². The molecule has 6 heteroatoms. The summed E-state index contributed by atoms with van der Waals surface area (Å²) in [4.78, 5) is 27.5. The quantitative estimate of drug-likeness (QED) is 0.417. The van der Waals surface area contributed by atoms with Crippen LogP contribution in [0.2, 0.25) is 0 Å². The topological polar surface area (TPSA) is 82.1 Å². The van der Waals surface area contributed by atoms with E-state index in [1.54, 1.807) is 0 Å². The van der Waals surface area contributed by atoms with E-state index in [1.165, 1.54) is 0 Å². The van der Waals surface area contributed by atoms with Gasteiger partial charge in [0.05, 0.1) is 6.61 Å². The lowest BCUT2D eigenvalue weighted by Gasteiger charge is -2.04. The summed E-state index contributed by atoms with van der Waals surface area (Å²) >= 11 is 0. The van der Waals surface area contributed by atoms with Gasteiger partial charge in [0.25, 0.3) is 0 Å². The van der Waals surface area contributed by atoms with E-state index < -0.39 is 12.3 Å². The zero-order valence-corrected chi connectivity index (χ0v) is 7.48. The van der Waals surface area contributed by atoms with Gasteiger partial charge < -0.3 is 9.84 Å². The molecule has 0 bridgehead atoms. The molecule has 0 heterocycles. The molecule has 6 nitrogen and oxygen atoms in total. The maximum absolute atomic E-state index is 10.5. The van der Waals surface area contributed by atoms with Crippen molar-refractivity contribution < 1.29 is 29.2 Å². The van der Waals surface area contributed by atoms with Crippen molar-refractivity contribution >= 4 is 12.3 Å². The second kappa shape index (κ2) is 6.10. The summed E-state index contributed by atoms with van der Waals surface area (Å²) in [6.07, 6.45) is -2.16. The van der Waals surface area contributed by atoms with Gasteiger partial charge in [-0.2, -0.15) is 9.68 Å². The van der Waals surface area contributed by atoms with Gasteiger partial charge in [-0.3, -0.25) is 0 Å². The first kappa shape index (κ1) is 11.5. The minimum Gasteiger partial charge on any atom is -0.447 e. The smallest absolute Gasteiger partial charge is 0.447 e. The summed E-state index contributed by atoms with van der Waals surface area (Å²) in [6, 6.07) is 0. The number of hydrogen-bond donors (Lipinski definition) is 1. The summed E-state index contributed by atoms with van der Waals surface area (Å²) in [6.45, 7) is 4.10. The van der Waals surface area contributed by atoms with Crippen LogP contribution in [0.25, 0.3) is 0 Å². The molecule has 0 spiro atoms. The predicted molar refractivity (Wildman–Crippen MR) is 41.0 cm³/mol. The Bertz CT molecular complexity index is 176. The van der Waals surface area contributed by atoms with Gasteiger partial charge in [0, 0.05) is 0 Å². The van der Waals surface area contributed by atoms with Crippen molar-refractivity contribution in [2.24, 2.45) is 5.92 Å². The van der Waals surface area contributed by atoms with Gasteiger partial charge >= 0.3 is 12.3 Å². The first-order valence-corrected chi connectivity index (χ1v) is 3.76. The highest BCUT2D eigenvalue weighted by molar-refractivity contribution is 5.62. The molecule has 0 atom stereocenters.